The van der Waals surface area contributed by atoms with E-state index in [2.05, 4.69) is 16.7 Å². The summed E-state index contributed by atoms with van der Waals surface area (Å²) in [5.74, 6) is -0.633. The van der Waals surface area contributed by atoms with Crippen LogP contribution in [0.1, 0.15) is 78.9 Å². The molecule has 1 aromatic carbocycles. The minimum absolute atomic E-state index is 0.102. The number of rotatable bonds is 3. The second-order valence-corrected chi connectivity index (χ2v) is 10.4. The summed E-state index contributed by atoms with van der Waals surface area (Å²) >= 11 is 0. The molecule has 2 fully saturated rings. The Kier molecular flexibility index (Phi) is 5.62. The van der Waals surface area contributed by atoms with Crippen LogP contribution in [0.25, 0.3) is 16.5 Å². The summed E-state index contributed by atoms with van der Waals surface area (Å²) in [5.41, 5.74) is 6.54. The monoisotopic (exact) mass is 474 g/mol. The number of benzene rings is 1. The molecule has 2 aliphatic heterocycles. The number of likely N-dealkylation sites (tertiary alicyclic amines) is 1. The molecule has 1 saturated carbocycles. The highest BCUT2D eigenvalue weighted by atomic mass is 19.1. The Morgan fingerprint density at radius 2 is 1.91 bits per heavy atom. The first-order valence-electron chi connectivity index (χ1n) is 12.9. The largest absolute Gasteiger partial charge is 0.478 e. The van der Waals surface area contributed by atoms with Crippen LogP contribution in [0.5, 0.6) is 0 Å². The van der Waals surface area contributed by atoms with Gasteiger partial charge in [0.25, 0.3) is 5.91 Å². The lowest BCUT2D eigenvalue weighted by Gasteiger charge is -2.24. The highest BCUT2D eigenvalue weighted by Crippen LogP contribution is 2.46. The van der Waals surface area contributed by atoms with Crippen molar-refractivity contribution in [3.63, 3.8) is 0 Å². The first-order valence-corrected chi connectivity index (χ1v) is 12.9. The third kappa shape index (κ3) is 3.83. The fraction of sp³-hybridized carbons (Fsp3) is 0.448. The number of fused-ring (bicyclic) bond motifs is 4. The van der Waals surface area contributed by atoms with E-state index in [9.17, 15) is 19.1 Å². The third-order valence-electron chi connectivity index (χ3n) is 8.20. The van der Waals surface area contributed by atoms with E-state index in [1.54, 1.807) is 17.0 Å². The summed E-state index contributed by atoms with van der Waals surface area (Å²) in [4.78, 5) is 27.0. The fourth-order valence-electron chi connectivity index (χ4n) is 6.49. The number of allylic oxidation sites excluding steroid dienone is 5. The van der Waals surface area contributed by atoms with Crippen LogP contribution >= 0.6 is 0 Å². The zero-order valence-corrected chi connectivity index (χ0v) is 19.9. The summed E-state index contributed by atoms with van der Waals surface area (Å²) in [6.07, 6.45) is 13.6. The molecule has 6 heteroatoms. The first kappa shape index (κ1) is 22.3. The van der Waals surface area contributed by atoms with E-state index in [1.165, 1.54) is 24.8 Å². The molecule has 1 amide bonds. The molecule has 0 bridgehead atoms. The van der Waals surface area contributed by atoms with E-state index in [4.69, 9.17) is 0 Å². The van der Waals surface area contributed by atoms with Gasteiger partial charge in [-0.2, -0.15) is 0 Å². The molecule has 5 nitrogen and oxygen atoms in total. The van der Waals surface area contributed by atoms with Crippen molar-refractivity contribution in [2.75, 3.05) is 13.1 Å². The van der Waals surface area contributed by atoms with E-state index in [1.807, 2.05) is 12.1 Å². The van der Waals surface area contributed by atoms with Crippen molar-refractivity contribution < 1.29 is 19.1 Å². The van der Waals surface area contributed by atoms with Crippen molar-refractivity contribution in [1.82, 2.24) is 9.47 Å². The molecule has 2 aromatic rings. The van der Waals surface area contributed by atoms with E-state index >= 15 is 0 Å². The van der Waals surface area contributed by atoms with Crippen LogP contribution < -0.4 is 0 Å². The van der Waals surface area contributed by atoms with Crippen molar-refractivity contribution in [2.24, 2.45) is 0 Å². The lowest BCUT2D eigenvalue weighted by atomic mass is 9.80. The van der Waals surface area contributed by atoms with Crippen molar-refractivity contribution in [3.05, 3.63) is 64.4 Å². The van der Waals surface area contributed by atoms with Gasteiger partial charge < -0.3 is 14.6 Å². The van der Waals surface area contributed by atoms with Crippen LogP contribution in [0, 0.1) is 0 Å². The Morgan fingerprint density at radius 1 is 1.09 bits per heavy atom. The first-order chi connectivity index (χ1) is 17.0. The second kappa shape index (κ2) is 8.81. The summed E-state index contributed by atoms with van der Waals surface area (Å²) < 4.78 is 16.1. The quantitative estimate of drug-likeness (QED) is 0.593. The fourth-order valence-corrected chi connectivity index (χ4v) is 6.49. The van der Waals surface area contributed by atoms with Crippen LogP contribution in [0.2, 0.25) is 0 Å². The average molecular weight is 475 g/mol. The maximum atomic E-state index is 13.9. The van der Waals surface area contributed by atoms with Gasteiger partial charge in [0.2, 0.25) is 0 Å². The minimum atomic E-state index is -0.961. The average Bonchev–Trinajstić information content (AvgIpc) is 3.39. The Morgan fingerprint density at radius 3 is 2.66 bits per heavy atom. The van der Waals surface area contributed by atoms with Gasteiger partial charge in [-0.25, -0.2) is 9.18 Å². The molecular formula is C29H31FN2O3. The molecule has 2 aliphatic carbocycles. The maximum absolute atomic E-state index is 13.9. The number of carboxylic acid groups (broad SMARTS) is 1. The number of hydrogen-bond acceptors (Lipinski definition) is 2. The van der Waals surface area contributed by atoms with Crippen molar-refractivity contribution >= 4 is 28.4 Å². The van der Waals surface area contributed by atoms with Gasteiger partial charge in [-0.3, -0.25) is 4.79 Å². The molecule has 0 radical (unpaired) electrons. The van der Waals surface area contributed by atoms with Crippen molar-refractivity contribution in [3.8, 4) is 0 Å². The molecule has 1 aromatic heterocycles. The lowest BCUT2D eigenvalue weighted by molar-refractivity contribution is -0.126. The Hall–Kier alpha value is -3.15. The van der Waals surface area contributed by atoms with Crippen LogP contribution in [0.15, 0.2) is 47.6 Å². The van der Waals surface area contributed by atoms with Gasteiger partial charge in [0.05, 0.1) is 24.3 Å². The minimum Gasteiger partial charge on any atom is -0.478 e. The molecule has 3 heterocycles. The topological polar surface area (TPSA) is 62.5 Å². The number of halogens is 1. The number of alkyl halides is 1. The van der Waals surface area contributed by atoms with Crippen molar-refractivity contribution in [2.45, 2.75) is 70.0 Å². The summed E-state index contributed by atoms with van der Waals surface area (Å²) in [6, 6.07) is 5.44. The van der Waals surface area contributed by atoms with Gasteiger partial charge in [-0.1, -0.05) is 37.5 Å². The van der Waals surface area contributed by atoms with Crippen LogP contribution in [0.3, 0.4) is 0 Å². The van der Waals surface area contributed by atoms with E-state index < -0.39 is 12.1 Å². The predicted molar refractivity (Wildman–Crippen MR) is 134 cm³/mol. The molecule has 4 aliphatic rings. The Bertz CT molecular complexity index is 1310. The van der Waals surface area contributed by atoms with E-state index in [0.29, 0.717) is 31.0 Å². The molecule has 6 rings (SSSR count). The molecular weight excluding hydrogens is 443 g/mol. The smallest absolute Gasteiger partial charge is 0.335 e. The highest BCUT2D eigenvalue weighted by molar-refractivity contribution is 6.01. The van der Waals surface area contributed by atoms with Gasteiger partial charge in [-0.05, 0) is 67.4 Å². The second-order valence-electron chi connectivity index (χ2n) is 10.4. The molecule has 35 heavy (non-hydrogen) atoms. The number of carbonyl (C=O) groups is 2. The molecule has 0 spiro atoms. The number of hydrogen-bond donors (Lipinski definition) is 1. The summed E-state index contributed by atoms with van der Waals surface area (Å²) in [5, 5.41) is 10.8. The highest BCUT2D eigenvalue weighted by Gasteiger charge is 2.33. The Labute approximate surface area is 204 Å². The molecule has 1 N–H and O–H groups in total. The normalized spacial score (nSPS) is 22.7. The number of carbonyl (C=O) groups excluding carboxylic acids is 1. The van der Waals surface area contributed by atoms with E-state index in [-0.39, 0.29) is 18.0 Å². The number of aromatic carboxylic acids is 1. The molecule has 1 atom stereocenters. The van der Waals surface area contributed by atoms with Gasteiger partial charge >= 0.3 is 5.97 Å². The zero-order valence-electron chi connectivity index (χ0n) is 19.9. The van der Waals surface area contributed by atoms with Gasteiger partial charge in [0.15, 0.2) is 0 Å². The van der Waals surface area contributed by atoms with Gasteiger partial charge in [-0.15, -0.1) is 0 Å². The Balaban J connectivity index is 1.57. The number of aromatic nitrogens is 1. The maximum Gasteiger partial charge on any atom is 0.335 e. The number of amides is 1. The van der Waals surface area contributed by atoms with Crippen LogP contribution in [-0.4, -0.2) is 45.7 Å². The number of nitrogens with zero attached hydrogens (tertiary/aromatic N) is 2. The van der Waals surface area contributed by atoms with Gasteiger partial charge in [0, 0.05) is 28.6 Å². The van der Waals surface area contributed by atoms with Gasteiger partial charge in [0.1, 0.15) is 6.17 Å². The summed E-state index contributed by atoms with van der Waals surface area (Å²) in [7, 11) is 0. The summed E-state index contributed by atoms with van der Waals surface area (Å²) in [6.45, 7) is 0.964. The standard InChI is InChI=1S/C29H31FN2O3/c30-22-12-13-31(17-22)28(33)21-14-19-8-4-5-9-23(19)27-26(18-6-2-1-3-7-18)24-11-10-20(29(34)35)15-25(24)32(27)16-21/h5,9-11,14-15,18,22H,1-4,6-8,12-13,16-17H2,(H,34,35)/t22-/m1/s1. The number of carboxylic acids is 1. The van der Waals surface area contributed by atoms with Crippen molar-refractivity contribution in [1.29, 1.82) is 0 Å². The molecule has 0 unspecified atom stereocenters. The predicted octanol–water partition coefficient (Wildman–Crippen LogP) is 6.00. The zero-order chi connectivity index (χ0) is 24.1. The van der Waals surface area contributed by atoms with Crippen LogP contribution in [0.4, 0.5) is 4.39 Å². The third-order valence-corrected chi connectivity index (χ3v) is 8.20. The van der Waals surface area contributed by atoms with E-state index in [0.717, 1.165) is 53.4 Å². The molecule has 182 valence electrons. The molecule has 1 saturated heterocycles. The SMILES string of the molecule is O=C(O)c1ccc2c(C3CCCCC3)c3n(c2c1)CC(C(=O)N1CC[C@@H](F)C1)=CC1=C3C=CCC1. The van der Waals surface area contributed by atoms with Crippen LogP contribution in [-0.2, 0) is 11.3 Å². The lowest BCUT2D eigenvalue weighted by Crippen LogP contribution is -2.31.